The van der Waals surface area contributed by atoms with E-state index in [1.165, 1.54) is 23.4 Å². The molecule has 0 fully saturated rings. The molecule has 1 heterocycles. The Morgan fingerprint density at radius 3 is 2.63 bits per heavy atom. The fourth-order valence-electron chi connectivity index (χ4n) is 3.06. The third-order valence-electron chi connectivity index (χ3n) is 4.30. The molecule has 0 bridgehead atoms. The molecule has 0 saturated carbocycles. The molecule has 0 saturated heterocycles. The number of nitrogens with zero attached hydrogens (tertiary/aromatic N) is 2. The second-order valence-corrected chi connectivity index (χ2v) is 8.21. The summed E-state index contributed by atoms with van der Waals surface area (Å²) in [7, 11) is -3.83. The molecule has 27 heavy (non-hydrogen) atoms. The molecule has 0 aliphatic carbocycles. The highest BCUT2D eigenvalue weighted by molar-refractivity contribution is 7.92. The summed E-state index contributed by atoms with van der Waals surface area (Å²) in [6.45, 7) is 7.56. The first-order chi connectivity index (χ1) is 12.8. The minimum absolute atomic E-state index is 0.101. The van der Waals surface area contributed by atoms with Crippen LogP contribution in [0.25, 0.3) is 0 Å². The van der Waals surface area contributed by atoms with Gasteiger partial charge >= 0.3 is 0 Å². The van der Waals surface area contributed by atoms with Crippen LogP contribution in [-0.4, -0.2) is 33.5 Å². The van der Waals surface area contributed by atoms with Crippen LogP contribution >= 0.6 is 0 Å². The smallest absolute Gasteiger partial charge is 0.264 e. The highest BCUT2D eigenvalue weighted by atomic mass is 32.2. The lowest BCUT2D eigenvalue weighted by atomic mass is 10.2. The third kappa shape index (κ3) is 3.68. The van der Waals surface area contributed by atoms with Crippen LogP contribution in [0.15, 0.2) is 66.1 Å². The van der Waals surface area contributed by atoms with Crippen molar-refractivity contribution in [2.75, 3.05) is 22.3 Å². The first-order valence-electron chi connectivity index (χ1n) is 8.62. The van der Waals surface area contributed by atoms with Gasteiger partial charge in [-0.25, -0.2) is 8.42 Å². The maximum absolute atomic E-state index is 13.2. The summed E-state index contributed by atoms with van der Waals surface area (Å²) in [4.78, 5) is 13.6. The average molecular weight is 386 g/mol. The Bertz CT molecular complexity index is 957. The Hall–Kier alpha value is -2.80. The second-order valence-electron chi connectivity index (χ2n) is 6.35. The molecule has 0 N–H and O–H groups in total. The fraction of sp³-hybridized carbons (Fsp3) is 0.250. The molecule has 142 valence electrons. The number of hydrogen-bond acceptors (Lipinski definition) is 4. The summed E-state index contributed by atoms with van der Waals surface area (Å²) in [6, 6.07) is 13.5. The zero-order chi connectivity index (χ0) is 19.6. The van der Waals surface area contributed by atoms with Gasteiger partial charge in [0.25, 0.3) is 10.0 Å². The van der Waals surface area contributed by atoms with Crippen molar-refractivity contribution in [1.29, 1.82) is 0 Å². The SMILES string of the molecule is C=CCN(c1ccccc1)S(=O)(=O)c1ccc2c(c1)OC(C)CN2C(C)=O. The van der Waals surface area contributed by atoms with E-state index in [2.05, 4.69) is 6.58 Å². The molecule has 0 spiro atoms. The monoisotopic (exact) mass is 386 g/mol. The highest BCUT2D eigenvalue weighted by Crippen LogP contribution is 2.36. The van der Waals surface area contributed by atoms with Gasteiger partial charge in [0.1, 0.15) is 11.9 Å². The Morgan fingerprint density at radius 2 is 2.00 bits per heavy atom. The molecule has 1 atom stereocenters. The number of rotatable bonds is 5. The quantitative estimate of drug-likeness (QED) is 0.740. The van der Waals surface area contributed by atoms with Gasteiger partial charge in [0.2, 0.25) is 5.91 Å². The van der Waals surface area contributed by atoms with Crippen LogP contribution in [0.1, 0.15) is 13.8 Å². The maximum Gasteiger partial charge on any atom is 0.264 e. The zero-order valence-electron chi connectivity index (χ0n) is 15.3. The first kappa shape index (κ1) is 19.0. The van der Waals surface area contributed by atoms with Gasteiger partial charge in [0.05, 0.1) is 29.4 Å². The van der Waals surface area contributed by atoms with Gasteiger partial charge in [0.15, 0.2) is 0 Å². The number of carbonyl (C=O) groups is 1. The van der Waals surface area contributed by atoms with Crippen LogP contribution in [0.2, 0.25) is 0 Å². The number of benzene rings is 2. The molecule has 2 aromatic carbocycles. The number of ether oxygens (including phenoxy) is 1. The normalized spacial score (nSPS) is 16.2. The van der Waals surface area contributed by atoms with Gasteiger partial charge < -0.3 is 9.64 Å². The van der Waals surface area contributed by atoms with Crippen LogP contribution < -0.4 is 13.9 Å². The molecule has 7 heteroatoms. The Labute approximate surface area is 159 Å². The van der Waals surface area contributed by atoms with Crippen molar-refractivity contribution in [3.63, 3.8) is 0 Å². The van der Waals surface area contributed by atoms with E-state index in [9.17, 15) is 13.2 Å². The van der Waals surface area contributed by atoms with E-state index < -0.39 is 10.0 Å². The van der Waals surface area contributed by atoms with Gasteiger partial charge in [-0.3, -0.25) is 9.10 Å². The molecular formula is C20H22N2O4S. The second kappa shape index (κ2) is 7.44. The third-order valence-corrected chi connectivity index (χ3v) is 6.09. The standard InChI is InChI=1S/C20H22N2O4S/c1-4-12-22(17-8-6-5-7-9-17)27(24,25)18-10-11-19-20(13-18)26-15(2)14-21(19)16(3)23/h4-11,13,15H,1,12,14H2,2-3H3. The largest absolute Gasteiger partial charge is 0.487 e. The predicted molar refractivity (Wildman–Crippen MR) is 106 cm³/mol. The number of amides is 1. The number of anilines is 2. The molecular weight excluding hydrogens is 364 g/mol. The number of fused-ring (bicyclic) bond motifs is 1. The lowest BCUT2D eigenvalue weighted by Gasteiger charge is -2.33. The minimum Gasteiger partial charge on any atom is -0.487 e. The maximum atomic E-state index is 13.2. The molecule has 0 aromatic heterocycles. The summed E-state index contributed by atoms with van der Waals surface area (Å²) in [5, 5.41) is 0. The first-order valence-corrected chi connectivity index (χ1v) is 10.1. The lowest BCUT2D eigenvalue weighted by molar-refractivity contribution is -0.117. The average Bonchev–Trinajstić information content (AvgIpc) is 2.65. The van der Waals surface area contributed by atoms with Crippen LogP contribution in [0.5, 0.6) is 5.75 Å². The molecule has 1 amide bonds. The van der Waals surface area contributed by atoms with E-state index in [0.717, 1.165) is 0 Å². The van der Waals surface area contributed by atoms with E-state index in [1.54, 1.807) is 41.3 Å². The van der Waals surface area contributed by atoms with Crippen LogP contribution in [-0.2, 0) is 14.8 Å². The van der Waals surface area contributed by atoms with Gasteiger partial charge in [-0.1, -0.05) is 24.3 Å². The van der Waals surface area contributed by atoms with E-state index in [-0.39, 0.29) is 23.5 Å². The lowest BCUT2D eigenvalue weighted by Crippen LogP contribution is -2.41. The summed E-state index contributed by atoms with van der Waals surface area (Å²) in [5.74, 6) is 0.274. The van der Waals surface area contributed by atoms with Crippen molar-refractivity contribution in [3.8, 4) is 5.75 Å². The molecule has 3 rings (SSSR count). The molecule has 1 unspecified atom stereocenters. The predicted octanol–water partition coefficient (Wildman–Crippen LogP) is 3.20. The summed E-state index contributed by atoms with van der Waals surface area (Å²) < 4.78 is 33.6. The van der Waals surface area contributed by atoms with Crippen molar-refractivity contribution in [2.45, 2.75) is 24.8 Å². The van der Waals surface area contributed by atoms with Crippen LogP contribution in [0.4, 0.5) is 11.4 Å². The van der Waals surface area contributed by atoms with Crippen molar-refractivity contribution < 1.29 is 17.9 Å². The molecule has 1 aliphatic heterocycles. The van der Waals surface area contributed by atoms with Gasteiger partial charge in [-0.15, -0.1) is 6.58 Å². The Balaban J connectivity index is 2.06. The molecule has 1 aliphatic rings. The van der Waals surface area contributed by atoms with E-state index in [1.807, 2.05) is 13.0 Å². The summed E-state index contributed by atoms with van der Waals surface area (Å²) in [5.41, 5.74) is 1.13. The minimum atomic E-state index is -3.83. The van der Waals surface area contributed by atoms with Crippen LogP contribution in [0, 0.1) is 0 Å². The zero-order valence-corrected chi connectivity index (χ0v) is 16.1. The Kier molecular flexibility index (Phi) is 5.23. The molecule has 2 aromatic rings. The summed E-state index contributed by atoms with van der Waals surface area (Å²) in [6.07, 6.45) is 1.32. The topological polar surface area (TPSA) is 66.9 Å². The van der Waals surface area contributed by atoms with Crippen molar-refractivity contribution in [3.05, 3.63) is 61.2 Å². The number of sulfonamides is 1. The molecule has 0 radical (unpaired) electrons. The number of para-hydroxylation sites is 1. The van der Waals surface area contributed by atoms with Gasteiger partial charge in [-0.2, -0.15) is 0 Å². The summed E-state index contributed by atoms with van der Waals surface area (Å²) >= 11 is 0. The van der Waals surface area contributed by atoms with E-state index >= 15 is 0 Å². The van der Waals surface area contributed by atoms with Crippen molar-refractivity contribution in [1.82, 2.24) is 0 Å². The fourth-order valence-corrected chi connectivity index (χ4v) is 4.51. The van der Waals surface area contributed by atoms with Crippen molar-refractivity contribution in [2.24, 2.45) is 0 Å². The van der Waals surface area contributed by atoms with E-state index in [4.69, 9.17) is 4.74 Å². The Morgan fingerprint density at radius 1 is 1.30 bits per heavy atom. The van der Waals surface area contributed by atoms with Crippen molar-refractivity contribution >= 4 is 27.3 Å². The van der Waals surface area contributed by atoms with E-state index in [0.29, 0.717) is 23.7 Å². The molecule has 6 nitrogen and oxygen atoms in total. The number of hydrogen-bond donors (Lipinski definition) is 0. The number of carbonyl (C=O) groups excluding carboxylic acids is 1. The highest BCUT2D eigenvalue weighted by Gasteiger charge is 2.30. The van der Waals surface area contributed by atoms with Gasteiger partial charge in [-0.05, 0) is 31.2 Å². The van der Waals surface area contributed by atoms with Crippen LogP contribution in [0.3, 0.4) is 0 Å². The van der Waals surface area contributed by atoms with Gasteiger partial charge in [0, 0.05) is 13.0 Å².